The van der Waals surface area contributed by atoms with Gasteiger partial charge in [-0.25, -0.2) is 9.13 Å². The highest BCUT2D eigenvalue weighted by atomic mass is 31.2. The Morgan fingerprint density at radius 1 is 0.301 bits per heavy atom. The summed E-state index contributed by atoms with van der Waals surface area (Å²) in [7, 11) is -9.91. The van der Waals surface area contributed by atoms with Crippen LogP contribution in [0.25, 0.3) is 0 Å². The van der Waals surface area contributed by atoms with Gasteiger partial charge >= 0.3 is 39.5 Å². The van der Waals surface area contributed by atoms with E-state index in [0.717, 1.165) is 102 Å². The molecule has 0 spiro atoms. The van der Waals surface area contributed by atoms with Crippen LogP contribution < -0.4 is 0 Å². The molecule has 19 heteroatoms. The first-order valence-corrected chi connectivity index (χ1v) is 41.6. The van der Waals surface area contributed by atoms with Crippen LogP contribution in [0.2, 0.25) is 0 Å². The number of aliphatic hydroxyl groups excluding tert-OH is 1. The standard InChI is InChI=1S/C74H144O17P2/c1-7-11-13-15-17-19-21-24-28-32-39-45-51-57-72(77)85-62-69(90-73(78)58-52-46-40-33-29-26-23-22-25-27-30-36-42-48-54-66(5)9-3)64-88-92(80,81)86-60-68(75)61-87-93(82,83)89-65-70(63-84-71(76)56-50-44-38-31-20-18-16-14-12-8-2)91-74(79)59-53-47-41-35-34-37-43-49-55-67(6)10-4/h66-70,75H,7-65H2,1-6H3,(H,80,81)(H,82,83)/t66?,67?,68-,69-,70-/m1/s1. The van der Waals surface area contributed by atoms with Crippen LogP contribution in [-0.2, 0) is 65.4 Å². The van der Waals surface area contributed by atoms with Gasteiger partial charge in [-0.2, -0.15) is 0 Å². The molecule has 552 valence electrons. The summed E-state index contributed by atoms with van der Waals surface area (Å²) in [6, 6.07) is 0. The van der Waals surface area contributed by atoms with E-state index in [1.165, 1.54) is 199 Å². The van der Waals surface area contributed by atoms with Crippen molar-refractivity contribution in [1.29, 1.82) is 0 Å². The molecule has 17 nitrogen and oxygen atoms in total. The largest absolute Gasteiger partial charge is 0.472 e. The molecule has 4 unspecified atom stereocenters. The molecule has 3 N–H and O–H groups in total. The lowest BCUT2D eigenvalue weighted by Gasteiger charge is -2.21. The molecule has 0 heterocycles. The summed E-state index contributed by atoms with van der Waals surface area (Å²) in [4.78, 5) is 72.7. The van der Waals surface area contributed by atoms with Crippen LogP contribution in [0.5, 0.6) is 0 Å². The summed E-state index contributed by atoms with van der Waals surface area (Å²) in [5.41, 5.74) is 0. The molecule has 0 fully saturated rings. The van der Waals surface area contributed by atoms with Crippen LogP contribution in [0.15, 0.2) is 0 Å². The van der Waals surface area contributed by atoms with Crippen molar-refractivity contribution < 1.29 is 80.2 Å². The van der Waals surface area contributed by atoms with Crippen molar-refractivity contribution in [2.45, 2.75) is 400 Å². The van der Waals surface area contributed by atoms with Gasteiger partial charge in [-0.05, 0) is 37.5 Å². The Labute approximate surface area is 568 Å². The highest BCUT2D eigenvalue weighted by molar-refractivity contribution is 7.47. The molecule has 0 saturated carbocycles. The molecule has 0 radical (unpaired) electrons. The molecule has 0 aromatic heterocycles. The minimum atomic E-state index is -4.96. The normalized spacial score (nSPS) is 14.6. The summed E-state index contributed by atoms with van der Waals surface area (Å²) in [6.45, 7) is 9.63. The topological polar surface area (TPSA) is 237 Å². The molecule has 0 aliphatic rings. The molecule has 0 aliphatic heterocycles. The number of rotatable bonds is 73. The van der Waals surface area contributed by atoms with Gasteiger partial charge in [0, 0.05) is 25.7 Å². The number of carbonyl (C=O) groups is 4. The van der Waals surface area contributed by atoms with E-state index >= 15 is 0 Å². The summed E-state index contributed by atoms with van der Waals surface area (Å²) in [5, 5.41) is 10.6. The Hall–Kier alpha value is -1.94. The second kappa shape index (κ2) is 66.0. The number of phosphoric acid groups is 2. The second-order valence-corrected chi connectivity index (χ2v) is 30.1. The SMILES string of the molecule is CCCCCCCCCCCCCCCC(=O)OC[C@H](COP(=O)(O)OC[C@@H](O)COP(=O)(O)OC[C@@H](COC(=O)CCCCCCCCCCCC)OC(=O)CCCCCCCCCCC(C)CC)OC(=O)CCCCCCCCCCCCCCCCC(C)CC. The molecular formula is C74H144O17P2. The average molecular weight is 1370 g/mol. The van der Waals surface area contributed by atoms with Crippen molar-refractivity contribution in [2.24, 2.45) is 11.8 Å². The van der Waals surface area contributed by atoms with E-state index in [9.17, 15) is 43.2 Å². The third-order valence-corrected chi connectivity index (χ3v) is 19.8. The average Bonchev–Trinajstić information content (AvgIpc) is 2.55. The van der Waals surface area contributed by atoms with Gasteiger partial charge in [0.15, 0.2) is 12.2 Å². The first-order chi connectivity index (χ1) is 44.9. The second-order valence-electron chi connectivity index (χ2n) is 27.2. The maximum Gasteiger partial charge on any atom is 0.472 e. The van der Waals surface area contributed by atoms with Gasteiger partial charge in [0.2, 0.25) is 0 Å². The van der Waals surface area contributed by atoms with E-state index in [2.05, 4.69) is 41.5 Å². The van der Waals surface area contributed by atoms with Gasteiger partial charge in [0.25, 0.3) is 0 Å². The van der Waals surface area contributed by atoms with Crippen LogP contribution in [-0.4, -0.2) is 96.7 Å². The zero-order valence-corrected chi connectivity index (χ0v) is 62.3. The highest BCUT2D eigenvalue weighted by Crippen LogP contribution is 2.45. The molecule has 0 saturated heterocycles. The van der Waals surface area contributed by atoms with Crippen molar-refractivity contribution in [1.82, 2.24) is 0 Å². The molecule has 0 aromatic carbocycles. The molecular weight excluding hydrogens is 1220 g/mol. The van der Waals surface area contributed by atoms with Crippen molar-refractivity contribution >= 4 is 39.5 Å². The number of esters is 4. The van der Waals surface area contributed by atoms with Crippen molar-refractivity contribution in [3.8, 4) is 0 Å². The van der Waals surface area contributed by atoms with E-state index < -0.39 is 97.5 Å². The Kier molecular flexibility index (Phi) is 64.6. The third kappa shape index (κ3) is 65.8. The zero-order valence-electron chi connectivity index (χ0n) is 60.6. The van der Waals surface area contributed by atoms with Gasteiger partial charge in [-0.3, -0.25) is 37.3 Å². The van der Waals surface area contributed by atoms with E-state index in [1.54, 1.807) is 0 Å². The number of unbranched alkanes of at least 4 members (excludes halogenated alkanes) is 41. The first-order valence-electron chi connectivity index (χ1n) is 38.6. The number of ether oxygens (including phenoxy) is 4. The molecule has 93 heavy (non-hydrogen) atoms. The van der Waals surface area contributed by atoms with Gasteiger partial charge in [-0.1, -0.05) is 330 Å². The third-order valence-electron chi connectivity index (χ3n) is 17.9. The van der Waals surface area contributed by atoms with Gasteiger partial charge < -0.3 is 33.8 Å². The van der Waals surface area contributed by atoms with Gasteiger partial charge in [0.1, 0.15) is 19.3 Å². The van der Waals surface area contributed by atoms with E-state index in [1.807, 2.05) is 0 Å². The first kappa shape index (κ1) is 91.1. The quantitative estimate of drug-likeness (QED) is 0.0222. The smallest absolute Gasteiger partial charge is 0.462 e. The predicted octanol–water partition coefficient (Wildman–Crippen LogP) is 21.6. The molecule has 0 aliphatic carbocycles. The van der Waals surface area contributed by atoms with Crippen molar-refractivity contribution in [3.63, 3.8) is 0 Å². The Morgan fingerprint density at radius 2 is 0.516 bits per heavy atom. The molecule has 0 rings (SSSR count). The lowest BCUT2D eigenvalue weighted by atomic mass is 9.99. The van der Waals surface area contributed by atoms with E-state index in [-0.39, 0.29) is 25.7 Å². The Morgan fingerprint density at radius 3 is 0.763 bits per heavy atom. The van der Waals surface area contributed by atoms with Crippen molar-refractivity contribution in [3.05, 3.63) is 0 Å². The molecule has 0 amide bonds. The summed E-state index contributed by atoms with van der Waals surface area (Å²) < 4.78 is 68.4. The number of hydrogen-bond donors (Lipinski definition) is 3. The fraction of sp³-hybridized carbons (Fsp3) is 0.946. The van der Waals surface area contributed by atoms with Crippen LogP contribution in [0.4, 0.5) is 0 Å². The lowest BCUT2D eigenvalue weighted by molar-refractivity contribution is -0.161. The highest BCUT2D eigenvalue weighted by Gasteiger charge is 2.30. The predicted molar refractivity (Wildman–Crippen MR) is 377 cm³/mol. The number of hydrogen-bond acceptors (Lipinski definition) is 15. The Balaban J connectivity index is 5.24. The van der Waals surface area contributed by atoms with Crippen LogP contribution in [0.1, 0.15) is 382 Å². The maximum atomic E-state index is 13.1. The monoisotopic (exact) mass is 1370 g/mol. The molecule has 0 aromatic rings. The number of phosphoric ester groups is 2. The van der Waals surface area contributed by atoms with E-state index in [4.69, 9.17) is 37.0 Å². The van der Waals surface area contributed by atoms with Gasteiger partial charge in [0.05, 0.1) is 26.4 Å². The van der Waals surface area contributed by atoms with E-state index in [0.29, 0.717) is 25.7 Å². The minimum Gasteiger partial charge on any atom is -0.462 e. The number of aliphatic hydroxyl groups is 1. The lowest BCUT2D eigenvalue weighted by Crippen LogP contribution is -2.30. The van der Waals surface area contributed by atoms with Crippen molar-refractivity contribution in [2.75, 3.05) is 39.6 Å². The zero-order chi connectivity index (χ0) is 68.6. The summed E-state index contributed by atoms with van der Waals surface area (Å²) in [5.74, 6) is -0.503. The molecule has 0 bridgehead atoms. The van der Waals surface area contributed by atoms with Crippen LogP contribution in [0.3, 0.4) is 0 Å². The minimum absolute atomic E-state index is 0.105. The summed E-state index contributed by atoms with van der Waals surface area (Å²) >= 11 is 0. The Bertz CT molecular complexity index is 1810. The maximum absolute atomic E-state index is 13.1. The van der Waals surface area contributed by atoms with Crippen LogP contribution >= 0.6 is 15.6 Å². The summed E-state index contributed by atoms with van der Waals surface area (Å²) in [6.07, 6.45) is 52.5. The fourth-order valence-electron chi connectivity index (χ4n) is 11.2. The molecule has 7 atom stereocenters. The fourth-order valence-corrected chi connectivity index (χ4v) is 12.8. The number of carbonyl (C=O) groups excluding carboxylic acids is 4. The van der Waals surface area contributed by atoms with Crippen LogP contribution in [0, 0.1) is 11.8 Å². The van der Waals surface area contributed by atoms with Gasteiger partial charge in [-0.15, -0.1) is 0 Å².